The molecule has 0 radical (unpaired) electrons. The Bertz CT molecular complexity index is 978. The predicted molar refractivity (Wildman–Crippen MR) is 89.7 cm³/mol. The third-order valence-corrected chi connectivity index (χ3v) is 4.12. The topological polar surface area (TPSA) is 107 Å². The average molecular weight is 339 g/mol. The third kappa shape index (κ3) is 3.39. The molecule has 1 atom stereocenters. The van der Waals surface area contributed by atoms with Crippen LogP contribution in [-0.4, -0.2) is 17.1 Å². The number of hydrogen-bond donors (Lipinski definition) is 2. The number of carboxylic acid groups (broad SMARTS) is 1. The van der Waals surface area contributed by atoms with E-state index in [9.17, 15) is 19.8 Å². The summed E-state index contributed by atoms with van der Waals surface area (Å²) in [6, 6.07) is 13.2. The Morgan fingerprint density at radius 3 is 2.64 bits per heavy atom. The van der Waals surface area contributed by atoms with E-state index < -0.39 is 17.6 Å². The zero-order chi connectivity index (χ0) is 18.0. The maximum Gasteiger partial charge on any atom is 0.336 e. The summed E-state index contributed by atoms with van der Waals surface area (Å²) in [7, 11) is 0. The molecule has 3 aromatic rings. The summed E-state index contributed by atoms with van der Waals surface area (Å²) in [5, 5.41) is 23.2. The van der Waals surface area contributed by atoms with Gasteiger partial charge < -0.3 is 24.7 Å². The number of carboxylic acids is 1. The van der Waals surface area contributed by atoms with Crippen LogP contribution in [0.1, 0.15) is 12.5 Å². The van der Waals surface area contributed by atoms with Crippen LogP contribution in [0.15, 0.2) is 57.7 Å². The fraction of sp³-hybridized carbons (Fsp3) is 0.158. The second kappa shape index (κ2) is 6.78. The van der Waals surface area contributed by atoms with Crippen molar-refractivity contribution in [1.29, 1.82) is 0 Å². The molecule has 0 amide bonds. The van der Waals surface area contributed by atoms with Crippen molar-refractivity contribution in [3.63, 3.8) is 0 Å². The number of phenols is 1. The molecule has 6 nitrogen and oxygen atoms in total. The van der Waals surface area contributed by atoms with Crippen LogP contribution in [0.3, 0.4) is 0 Å². The maximum absolute atomic E-state index is 12.0. The number of benzene rings is 2. The Hall–Kier alpha value is -3.12. The van der Waals surface area contributed by atoms with Gasteiger partial charge >= 0.3 is 5.63 Å². The van der Waals surface area contributed by atoms with Gasteiger partial charge in [0.15, 0.2) is 5.58 Å². The summed E-state index contributed by atoms with van der Waals surface area (Å²) in [5.41, 5.74) is 1.64. The zero-order valence-corrected chi connectivity index (χ0v) is 13.6. The van der Waals surface area contributed by atoms with Crippen LogP contribution in [0.2, 0.25) is 0 Å². The molecule has 128 valence electrons. The van der Waals surface area contributed by atoms with Crippen LogP contribution in [0.4, 0.5) is 0 Å². The van der Waals surface area contributed by atoms with Gasteiger partial charge in [0.25, 0.3) is 0 Å². The molecule has 1 heterocycles. The van der Waals surface area contributed by atoms with E-state index in [1.807, 2.05) is 30.3 Å². The Kier molecular flexibility index (Phi) is 4.54. The molecule has 0 bridgehead atoms. The van der Waals surface area contributed by atoms with Gasteiger partial charge in [0.05, 0.1) is 11.5 Å². The highest BCUT2D eigenvalue weighted by Crippen LogP contribution is 2.32. The minimum Gasteiger partial charge on any atom is -0.544 e. The molecular weight excluding hydrogens is 322 g/mol. The lowest BCUT2D eigenvalue weighted by molar-refractivity contribution is -0.695. The van der Waals surface area contributed by atoms with Crippen LogP contribution in [0.5, 0.6) is 5.75 Å². The number of carbonyl (C=O) groups is 1. The van der Waals surface area contributed by atoms with Crippen molar-refractivity contribution in [2.24, 2.45) is 0 Å². The number of phenolic OH excluding ortho intramolecular Hbond substituents is 1. The zero-order valence-electron chi connectivity index (χ0n) is 13.6. The molecule has 0 saturated carbocycles. The number of aliphatic carboxylic acids is 1. The molecule has 0 aliphatic heterocycles. The van der Waals surface area contributed by atoms with Gasteiger partial charge in [-0.05, 0) is 30.2 Å². The lowest BCUT2D eigenvalue weighted by atomic mass is 9.99. The SMILES string of the molecule is C[C@H]([NH2+]Cc1c(O)ccc2c(-c3ccccc3)cc(=O)oc12)C(=O)[O-]. The normalized spacial score (nSPS) is 12.2. The highest BCUT2D eigenvalue weighted by Gasteiger charge is 2.17. The Labute approximate surface area is 143 Å². The van der Waals surface area contributed by atoms with Crippen LogP contribution >= 0.6 is 0 Å². The van der Waals surface area contributed by atoms with Gasteiger partial charge in [-0.3, -0.25) is 0 Å². The lowest BCUT2D eigenvalue weighted by Crippen LogP contribution is -2.90. The fourth-order valence-electron chi connectivity index (χ4n) is 2.72. The molecular formula is C19H17NO5. The lowest BCUT2D eigenvalue weighted by Gasteiger charge is -2.14. The molecule has 0 aliphatic rings. The number of quaternary nitrogens is 1. The number of nitrogens with two attached hydrogens (primary N) is 1. The molecule has 0 unspecified atom stereocenters. The van der Waals surface area contributed by atoms with Gasteiger partial charge in [0.1, 0.15) is 18.3 Å². The van der Waals surface area contributed by atoms with Crippen LogP contribution in [0.25, 0.3) is 22.1 Å². The number of aromatic hydroxyl groups is 1. The van der Waals surface area contributed by atoms with Gasteiger partial charge in [-0.25, -0.2) is 4.79 Å². The van der Waals surface area contributed by atoms with Gasteiger partial charge in [0.2, 0.25) is 0 Å². The Balaban J connectivity index is 2.15. The molecule has 25 heavy (non-hydrogen) atoms. The Morgan fingerprint density at radius 1 is 1.24 bits per heavy atom. The molecule has 1 aromatic heterocycles. The standard InChI is InChI=1S/C19H17NO5/c1-11(19(23)24)20-10-15-16(21)8-7-13-14(9-17(22)25-18(13)15)12-5-3-2-4-6-12/h2-9,11,20-21H,10H2,1H3,(H,23,24)/t11-/m0/s1. The third-order valence-electron chi connectivity index (χ3n) is 4.12. The second-order valence-corrected chi connectivity index (χ2v) is 5.83. The van der Waals surface area contributed by atoms with Crippen molar-refractivity contribution in [3.8, 4) is 16.9 Å². The van der Waals surface area contributed by atoms with E-state index in [0.29, 0.717) is 16.5 Å². The number of rotatable bonds is 5. The van der Waals surface area contributed by atoms with Crippen molar-refractivity contribution in [3.05, 3.63) is 64.5 Å². The van der Waals surface area contributed by atoms with Crippen LogP contribution < -0.4 is 16.0 Å². The average Bonchev–Trinajstić information content (AvgIpc) is 2.60. The van der Waals surface area contributed by atoms with E-state index in [-0.39, 0.29) is 17.9 Å². The molecule has 0 saturated heterocycles. The molecule has 6 heteroatoms. The first-order chi connectivity index (χ1) is 12.0. The summed E-state index contributed by atoms with van der Waals surface area (Å²) in [6.45, 7) is 1.63. The molecule has 3 N–H and O–H groups in total. The first kappa shape index (κ1) is 16.7. The van der Waals surface area contributed by atoms with E-state index in [4.69, 9.17) is 4.42 Å². The van der Waals surface area contributed by atoms with Gasteiger partial charge in [-0.15, -0.1) is 0 Å². The maximum atomic E-state index is 12.0. The predicted octanol–water partition coefficient (Wildman–Crippen LogP) is 0.367. The van der Waals surface area contributed by atoms with E-state index >= 15 is 0 Å². The Morgan fingerprint density at radius 2 is 1.96 bits per heavy atom. The van der Waals surface area contributed by atoms with Gasteiger partial charge in [-0.2, -0.15) is 0 Å². The minimum absolute atomic E-state index is 0.0531. The second-order valence-electron chi connectivity index (χ2n) is 5.83. The van der Waals surface area contributed by atoms with Gasteiger partial charge in [0, 0.05) is 11.5 Å². The quantitative estimate of drug-likeness (QED) is 0.653. The minimum atomic E-state index is -1.20. The summed E-state index contributed by atoms with van der Waals surface area (Å²) in [6.07, 6.45) is 0. The summed E-state index contributed by atoms with van der Waals surface area (Å²) >= 11 is 0. The summed E-state index contributed by atoms with van der Waals surface area (Å²) < 4.78 is 5.33. The number of fused-ring (bicyclic) bond motifs is 1. The largest absolute Gasteiger partial charge is 0.544 e. The van der Waals surface area contributed by atoms with Crippen LogP contribution in [-0.2, 0) is 11.3 Å². The monoisotopic (exact) mass is 339 g/mol. The van der Waals surface area contributed by atoms with E-state index in [2.05, 4.69) is 0 Å². The van der Waals surface area contributed by atoms with Crippen molar-refractivity contribution in [2.45, 2.75) is 19.5 Å². The van der Waals surface area contributed by atoms with Crippen molar-refractivity contribution in [2.75, 3.05) is 0 Å². The first-order valence-corrected chi connectivity index (χ1v) is 7.85. The molecule has 2 aromatic carbocycles. The smallest absolute Gasteiger partial charge is 0.336 e. The highest BCUT2D eigenvalue weighted by atomic mass is 16.4. The molecule has 3 rings (SSSR count). The van der Waals surface area contributed by atoms with Crippen LogP contribution in [0, 0.1) is 0 Å². The molecule has 0 spiro atoms. The molecule has 0 fully saturated rings. The fourth-order valence-corrected chi connectivity index (χ4v) is 2.72. The summed E-state index contributed by atoms with van der Waals surface area (Å²) in [4.78, 5) is 22.9. The first-order valence-electron chi connectivity index (χ1n) is 7.85. The van der Waals surface area contributed by atoms with Gasteiger partial charge in [-0.1, -0.05) is 30.3 Å². The van der Waals surface area contributed by atoms with Crippen molar-refractivity contribution in [1.82, 2.24) is 0 Å². The summed E-state index contributed by atoms with van der Waals surface area (Å²) in [5.74, 6) is -1.26. The highest BCUT2D eigenvalue weighted by molar-refractivity contribution is 5.95. The van der Waals surface area contributed by atoms with E-state index in [0.717, 1.165) is 5.56 Å². The molecule has 0 aliphatic carbocycles. The van der Waals surface area contributed by atoms with E-state index in [1.165, 1.54) is 24.4 Å². The van der Waals surface area contributed by atoms with Crippen molar-refractivity contribution < 1.29 is 24.7 Å². The van der Waals surface area contributed by atoms with E-state index in [1.54, 1.807) is 6.07 Å². The van der Waals surface area contributed by atoms with Crippen molar-refractivity contribution >= 4 is 16.9 Å². The number of hydrogen-bond acceptors (Lipinski definition) is 5. The number of carbonyl (C=O) groups excluding carboxylic acids is 1.